The number of allylic oxidation sites excluding steroid dienone is 1. The summed E-state index contributed by atoms with van der Waals surface area (Å²) < 4.78 is 8.81. The highest BCUT2D eigenvalue weighted by atomic mass is 32.2. The summed E-state index contributed by atoms with van der Waals surface area (Å²) in [7, 11) is 0. The summed E-state index contributed by atoms with van der Waals surface area (Å²) in [6, 6.07) is 11.3. The molecule has 0 aliphatic heterocycles. The van der Waals surface area contributed by atoms with Crippen LogP contribution in [0.15, 0.2) is 68.9 Å². The maximum Gasteiger partial charge on any atom is 0.263 e. The van der Waals surface area contributed by atoms with Crippen molar-refractivity contribution in [2.45, 2.75) is 17.5 Å². The fourth-order valence-corrected chi connectivity index (χ4v) is 4.49. The van der Waals surface area contributed by atoms with Crippen molar-refractivity contribution in [3.63, 3.8) is 0 Å². The van der Waals surface area contributed by atoms with Gasteiger partial charge in [-0.1, -0.05) is 41.2 Å². The van der Waals surface area contributed by atoms with Gasteiger partial charge < -0.3 is 4.52 Å². The van der Waals surface area contributed by atoms with Gasteiger partial charge in [0.2, 0.25) is 17.5 Å². The molecule has 0 radical (unpaired) electrons. The zero-order valence-electron chi connectivity index (χ0n) is 15.1. The summed E-state index contributed by atoms with van der Waals surface area (Å²) in [5.74, 6) is 1.99. The molecule has 0 atom stereocenters. The molecule has 0 spiro atoms. The van der Waals surface area contributed by atoms with Crippen LogP contribution in [0.5, 0.6) is 0 Å². The number of fused-ring (bicyclic) bond motifs is 3. The maximum atomic E-state index is 12.8. The Hall–Kier alpha value is -3.24. The number of benzene rings is 1. The molecule has 0 unspecified atom stereocenters. The minimum absolute atomic E-state index is 0.116. The average Bonchev–Trinajstić information content (AvgIpc) is 3.50. The molecule has 0 saturated heterocycles. The molecule has 0 aliphatic rings. The first-order chi connectivity index (χ1) is 14.3. The third kappa shape index (κ3) is 3.06. The fraction of sp³-hybridized carbons (Fsp3) is 0.105. The molecule has 144 valence electrons. The third-order valence-electron chi connectivity index (χ3n) is 4.32. The van der Waals surface area contributed by atoms with E-state index in [0.717, 1.165) is 10.4 Å². The van der Waals surface area contributed by atoms with Crippen molar-refractivity contribution < 1.29 is 4.52 Å². The lowest BCUT2D eigenvalue weighted by Gasteiger charge is -2.09. The van der Waals surface area contributed by atoms with Gasteiger partial charge in [-0.05, 0) is 23.6 Å². The van der Waals surface area contributed by atoms with Crippen LogP contribution < -0.4 is 5.56 Å². The van der Waals surface area contributed by atoms with Gasteiger partial charge in [0.25, 0.3) is 5.56 Å². The van der Waals surface area contributed by atoms with Gasteiger partial charge in [0.05, 0.1) is 21.5 Å². The molecule has 4 aromatic heterocycles. The van der Waals surface area contributed by atoms with Crippen molar-refractivity contribution in [1.82, 2.24) is 29.3 Å². The average molecular weight is 422 g/mol. The van der Waals surface area contributed by atoms with Crippen LogP contribution in [0.3, 0.4) is 0 Å². The van der Waals surface area contributed by atoms with Crippen molar-refractivity contribution in [2.24, 2.45) is 0 Å². The Morgan fingerprint density at radius 2 is 2.10 bits per heavy atom. The summed E-state index contributed by atoms with van der Waals surface area (Å²) in [6.45, 7) is 4.09. The zero-order chi connectivity index (χ0) is 19.8. The molecule has 0 fully saturated rings. The predicted molar refractivity (Wildman–Crippen MR) is 112 cm³/mol. The number of para-hydroxylation sites is 1. The Morgan fingerprint density at radius 3 is 2.93 bits per heavy atom. The minimum Gasteiger partial charge on any atom is -0.338 e. The van der Waals surface area contributed by atoms with Crippen molar-refractivity contribution >= 4 is 39.8 Å². The van der Waals surface area contributed by atoms with Crippen molar-refractivity contribution in [3.8, 4) is 10.7 Å². The van der Waals surface area contributed by atoms with E-state index in [2.05, 4.69) is 26.9 Å². The first-order valence-corrected chi connectivity index (χ1v) is 10.6. The molecular formula is C19H14N6O2S2. The van der Waals surface area contributed by atoms with Gasteiger partial charge in [-0.2, -0.15) is 4.98 Å². The van der Waals surface area contributed by atoms with Gasteiger partial charge in [-0.15, -0.1) is 28.1 Å². The molecule has 4 heterocycles. The van der Waals surface area contributed by atoms with Gasteiger partial charge in [-0.25, -0.2) is 0 Å². The van der Waals surface area contributed by atoms with Crippen LogP contribution in [0.4, 0.5) is 0 Å². The topological polar surface area (TPSA) is 91.1 Å². The quantitative estimate of drug-likeness (QED) is 0.305. The molecule has 0 aliphatic carbocycles. The van der Waals surface area contributed by atoms with Crippen LogP contribution in [-0.2, 0) is 12.3 Å². The Bertz CT molecular complexity index is 1380. The maximum absolute atomic E-state index is 12.8. The van der Waals surface area contributed by atoms with Crippen LogP contribution in [0.25, 0.3) is 27.4 Å². The van der Waals surface area contributed by atoms with Crippen LogP contribution in [0.1, 0.15) is 5.89 Å². The van der Waals surface area contributed by atoms with Crippen LogP contribution >= 0.6 is 23.1 Å². The lowest BCUT2D eigenvalue weighted by Crippen LogP contribution is -2.22. The zero-order valence-corrected chi connectivity index (χ0v) is 16.7. The van der Waals surface area contributed by atoms with E-state index in [0.29, 0.717) is 40.3 Å². The second-order valence-corrected chi connectivity index (χ2v) is 8.01. The molecule has 8 nitrogen and oxygen atoms in total. The van der Waals surface area contributed by atoms with Gasteiger partial charge in [0, 0.05) is 6.54 Å². The van der Waals surface area contributed by atoms with Crippen LogP contribution in [0.2, 0.25) is 0 Å². The molecule has 0 amide bonds. The Labute approximate surface area is 172 Å². The van der Waals surface area contributed by atoms with E-state index in [-0.39, 0.29) is 5.56 Å². The smallest absolute Gasteiger partial charge is 0.263 e. The van der Waals surface area contributed by atoms with E-state index in [1.54, 1.807) is 28.0 Å². The lowest BCUT2D eigenvalue weighted by molar-refractivity contribution is 0.391. The number of hydrogen-bond donors (Lipinski definition) is 0. The van der Waals surface area contributed by atoms with Crippen molar-refractivity contribution in [3.05, 3.63) is 70.7 Å². The number of hydrogen-bond acceptors (Lipinski definition) is 8. The minimum atomic E-state index is -0.116. The van der Waals surface area contributed by atoms with Crippen molar-refractivity contribution in [1.29, 1.82) is 0 Å². The monoisotopic (exact) mass is 422 g/mol. The summed E-state index contributed by atoms with van der Waals surface area (Å²) in [5.41, 5.74) is 0.638. The number of nitrogens with zero attached hydrogens (tertiary/aromatic N) is 6. The van der Waals surface area contributed by atoms with E-state index in [4.69, 9.17) is 4.52 Å². The van der Waals surface area contributed by atoms with Crippen LogP contribution in [-0.4, -0.2) is 29.3 Å². The number of thioether (sulfide) groups is 1. The summed E-state index contributed by atoms with van der Waals surface area (Å²) in [6.07, 6.45) is 1.67. The third-order valence-corrected chi connectivity index (χ3v) is 6.10. The molecule has 29 heavy (non-hydrogen) atoms. The van der Waals surface area contributed by atoms with Gasteiger partial charge in [0.1, 0.15) is 0 Å². The second-order valence-electron chi connectivity index (χ2n) is 6.12. The van der Waals surface area contributed by atoms with E-state index in [1.165, 1.54) is 11.8 Å². The van der Waals surface area contributed by atoms with E-state index < -0.39 is 0 Å². The molecule has 0 N–H and O–H groups in total. The molecule has 5 rings (SSSR count). The normalized spacial score (nSPS) is 11.4. The SMILES string of the molecule is C=CCn1c(=O)c2ccccc2n2c(SCc3nc(-c4cccs4)no3)nnc12. The highest BCUT2D eigenvalue weighted by Gasteiger charge is 2.17. The Balaban J connectivity index is 1.54. The lowest BCUT2D eigenvalue weighted by atomic mass is 10.2. The van der Waals surface area contributed by atoms with E-state index in [9.17, 15) is 4.79 Å². The Kier molecular flexibility index (Phi) is 4.49. The summed E-state index contributed by atoms with van der Waals surface area (Å²) in [4.78, 5) is 18.2. The number of thiophene rings is 1. The van der Waals surface area contributed by atoms with Gasteiger partial charge >= 0.3 is 0 Å². The first-order valence-electron chi connectivity index (χ1n) is 8.73. The number of aromatic nitrogens is 6. The first kappa shape index (κ1) is 17.8. The second kappa shape index (κ2) is 7.30. The van der Waals surface area contributed by atoms with Crippen LogP contribution in [0, 0.1) is 0 Å². The molecule has 0 bridgehead atoms. The molecule has 1 aromatic carbocycles. The molecule has 5 aromatic rings. The highest BCUT2D eigenvalue weighted by molar-refractivity contribution is 7.98. The predicted octanol–water partition coefficient (Wildman–Crippen LogP) is 3.63. The van der Waals surface area contributed by atoms with Gasteiger partial charge in [0.15, 0.2) is 5.16 Å². The molecule has 10 heteroatoms. The highest BCUT2D eigenvalue weighted by Crippen LogP contribution is 2.26. The number of rotatable bonds is 6. The molecular weight excluding hydrogens is 408 g/mol. The largest absolute Gasteiger partial charge is 0.338 e. The summed E-state index contributed by atoms with van der Waals surface area (Å²) >= 11 is 2.98. The Morgan fingerprint density at radius 1 is 1.21 bits per heavy atom. The summed E-state index contributed by atoms with van der Waals surface area (Å²) in [5, 5.41) is 15.8. The molecule has 0 saturated carbocycles. The fourth-order valence-electron chi connectivity index (χ4n) is 3.07. The van der Waals surface area contributed by atoms with E-state index >= 15 is 0 Å². The van der Waals surface area contributed by atoms with Crippen molar-refractivity contribution in [2.75, 3.05) is 0 Å². The van der Waals surface area contributed by atoms with E-state index in [1.807, 2.05) is 40.1 Å². The van der Waals surface area contributed by atoms with Gasteiger partial charge in [-0.3, -0.25) is 13.8 Å². The standard InChI is InChI=1S/C19H14N6O2S2/c1-2-9-24-17(26)12-6-3-4-7-13(12)25-18(24)21-22-19(25)29-11-15-20-16(23-27-15)14-8-5-10-28-14/h2-8,10H,1,9,11H2.